The van der Waals surface area contributed by atoms with E-state index in [1.54, 1.807) is 44.3 Å². The summed E-state index contributed by atoms with van der Waals surface area (Å²) in [4.78, 5) is 25.6. The molecule has 2 aromatic rings. The number of methoxy groups -OCH3 is 1. The van der Waals surface area contributed by atoms with Crippen LogP contribution in [0.15, 0.2) is 42.5 Å². The molecule has 0 heterocycles. The lowest BCUT2D eigenvalue weighted by Crippen LogP contribution is -2.26. The maximum absolute atomic E-state index is 12.4. The van der Waals surface area contributed by atoms with Gasteiger partial charge in [0.25, 0.3) is 5.91 Å². The fourth-order valence-corrected chi connectivity index (χ4v) is 2.86. The molecule has 26 heavy (non-hydrogen) atoms. The van der Waals surface area contributed by atoms with Gasteiger partial charge in [-0.1, -0.05) is 29.8 Å². The summed E-state index contributed by atoms with van der Waals surface area (Å²) >= 11 is 6.11. The van der Waals surface area contributed by atoms with Crippen LogP contribution in [0.5, 0.6) is 5.75 Å². The number of carbonyl (C=O) groups excluding carboxylic acids is 2. The van der Waals surface area contributed by atoms with Crippen molar-refractivity contribution in [1.29, 1.82) is 0 Å². The van der Waals surface area contributed by atoms with Crippen molar-refractivity contribution >= 4 is 23.4 Å². The van der Waals surface area contributed by atoms with Crippen molar-refractivity contribution in [3.8, 4) is 5.75 Å². The van der Waals surface area contributed by atoms with E-state index in [4.69, 9.17) is 16.3 Å². The summed E-state index contributed by atoms with van der Waals surface area (Å²) in [6, 6.07) is 12.8. The summed E-state index contributed by atoms with van der Waals surface area (Å²) in [5, 5.41) is 3.13. The largest absolute Gasteiger partial charge is 0.495 e. The van der Waals surface area contributed by atoms with Crippen molar-refractivity contribution in [1.82, 2.24) is 10.2 Å². The molecule has 2 amide bonds. The highest BCUT2D eigenvalue weighted by atomic mass is 35.5. The van der Waals surface area contributed by atoms with Gasteiger partial charge in [0, 0.05) is 32.6 Å². The predicted octanol–water partition coefficient (Wildman–Crippen LogP) is 3.30. The van der Waals surface area contributed by atoms with E-state index < -0.39 is 0 Å². The molecular formula is C20H23ClN2O3. The summed E-state index contributed by atoms with van der Waals surface area (Å²) in [6.07, 6.45) is 1.01. The number of nitrogens with one attached hydrogen (secondary N) is 1. The number of aryl methyl sites for hydroxylation is 1. The minimum atomic E-state index is -0.126. The van der Waals surface area contributed by atoms with Gasteiger partial charge in [0.1, 0.15) is 5.75 Å². The van der Waals surface area contributed by atoms with E-state index in [1.807, 2.05) is 24.3 Å². The Morgan fingerprint density at radius 2 is 1.77 bits per heavy atom. The summed E-state index contributed by atoms with van der Waals surface area (Å²) in [5.41, 5.74) is 2.56. The van der Waals surface area contributed by atoms with E-state index in [0.29, 0.717) is 35.7 Å². The van der Waals surface area contributed by atoms with Crippen molar-refractivity contribution in [2.75, 3.05) is 21.2 Å². The molecule has 0 bridgehead atoms. The number of rotatable bonds is 7. The SMILES string of the molecule is CNC(=O)c1ccc(CN(C)C(=O)CCc2ccc(OC)c(Cl)c2)cc1. The molecule has 138 valence electrons. The highest BCUT2D eigenvalue weighted by Crippen LogP contribution is 2.25. The van der Waals surface area contributed by atoms with Crippen molar-refractivity contribution in [2.24, 2.45) is 0 Å². The third kappa shape index (κ3) is 5.23. The number of amides is 2. The van der Waals surface area contributed by atoms with Crippen LogP contribution in [-0.4, -0.2) is 37.9 Å². The molecule has 1 N–H and O–H groups in total. The molecular weight excluding hydrogens is 352 g/mol. The molecule has 0 saturated heterocycles. The standard InChI is InChI=1S/C20H23ClN2O3/c1-22-20(25)16-8-4-15(5-9-16)13-23(2)19(24)11-7-14-6-10-18(26-3)17(21)12-14/h4-6,8-10,12H,7,11,13H2,1-3H3,(H,22,25). The van der Waals surface area contributed by atoms with Crippen LogP contribution in [0.25, 0.3) is 0 Å². The van der Waals surface area contributed by atoms with Gasteiger partial charge in [0.15, 0.2) is 0 Å². The summed E-state index contributed by atoms with van der Waals surface area (Å²) in [5.74, 6) is 0.547. The van der Waals surface area contributed by atoms with Gasteiger partial charge in [-0.15, -0.1) is 0 Å². The van der Waals surface area contributed by atoms with Crippen LogP contribution >= 0.6 is 11.6 Å². The van der Waals surface area contributed by atoms with Crippen molar-refractivity contribution in [2.45, 2.75) is 19.4 Å². The minimum Gasteiger partial charge on any atom is -0.495 e. The number of ether oxygens (including phenoxy) is 1. The maximum Gasteiger partial charge on any atom is 0.251 e. The van der Waals surface area contributed by atoms with Gasteiger partial charge in [-0.05, 0) is 41.8 Å². The Morgan fingerprint density at radius 1 is 1.12 bits per heavy atom. The van der Waals surface area contributed by atoms with Gasteiger partial charge in [-0.25, -0.2) is 0 Å². The van der Waals surface area contributed by atoms with Gasteiger partial charge in [0.2, 0.25) is 5.91 Å². The second kappa shape index (κ2) is 9.25. The Bertz CT molecular complexity index is 775. The third-order valence-corrected chi connectivity index (χ3v) is 4.43. The Labute approximate surface area is 158 Å². The fraction of sp³-hybridized carbons (Fsp3) is 0.300. The fourth-order valence-electron chi connectivity index (χ4n) is 2.58. The number of benzene rings is 2. The molecule has 0 aliphatic heterocycles. The van der Waals surface area contributed by atoms with E-state index in [0.717, 1.165) is 11.1 Å². The first-order chi connectivity index (χ1) is 12.4. The van der Waals surface area contributed by atoms with Gasteiger partial charge < -0.3 is 15.0 Å². The molecule has 0 unspecified atom stereocenters. The lowest BCUT2D eigenvalue weighted by atomic mass is 10.1. The van der Waals surface area contributed by atoms with Gasteiger partial charge in [-0.2, -0.15) is 0 Å². The molecule has 0 aromatic heterocycles. The monoisotopic (exact) mass is 374 g/mol. The first-order valence-electron chi connectivity index (χ1n) is 8.32. The third-order valence-electron chi connectivity index (χ3n) is 4.13. The summed E-state index contributed by atoms with van der Waals surface area (Å²) in [7, 11) is 4.94. The maximum atomic E-state index is 12.4. The second-order valence-electron chi connectivity index (χ2n) is 5.99. The molecule has 6 heteroatoms. The van der Waals surface area contributed by atoms with Gasteiger partial charge in [0.05, 0.1) is 12.1 Å². The lowest BCUT2D eigenvalue weighted by Gasteiger charge is -2.17. The zero-order valence-corrected chi connectivity index (χ0v) is 16.0. The highest BCUT2D eigenvalue weighted by Gasteiger charge is 2.11. The molecule has 0 atom stereocenters. The first kappa shape index (κ1) is 19.8. The van der Waals surface area contributed by atoms with E-state index in [1.165, 1.54) is 0 Å². The molecule has 2 rings (SSSR count). The summed E-state index contributed by atoms with van der Waals surface area (Å²) < 4.78 is 5.13. The van der Waals surface area contributed by atoms with Crippen LogP contribution < -0.4 is 10.1 Å². The number of nitrogens with zero attached hydrogens (tertiary/aromatic N) is 1. The van der Waals surface area contributed by atoms with E-state index in [-0.39, 0.29) is 11.8 Å². The number of hydrogen-bond donors (Lipinski definition) is 1. The first-order valence-corrected chi connectivity index (χ1v) is 8.69. The molecule has 5 nitrogen and oxygen atoms in total. The van der Waals surface area contributed by atoms with Crippen molar-refractivity contribution < 1.29 is 14.3 Å². The van der Waals surface area contributed by atoms with Crippen LogP contribution in [-0.2, 0) is 17.8 Å². The number of carbonyl (C=O) groups is 2. The van der Waals surface area contributed by atoms with Gasteiger partial charge >= 0.3 is 0 Å². The van der Waals surface area contributed by atoms with Crippen LogP contribution in [0.3, 0.4) is 0 Å². The van der Waals surface area contributed by atoms with Crippen molar-refractivity contribution in [3.05, 3.63) is 64.2 Å². The molecule has 0 aliphatic rings. The van der Waals surface area contributed by atoms with Crippen molar-refractivity contribution in [3.63, 3.8) is 0 Å². The smallest absolute Gasteiger partial charge is 0.251 e. The number of halogens is 1. The van der Waals surface area contributed by atoms with E-state index >= 15 is 0 Å². The quantitative estimate of drug-likeness (QED) is 0.809. The summed E-state index contributed by atoms with van der Waals surface area (Å²) in [6.45, 7) is 0.496. The molecule has 2 aromatic carbocycles. The molecule has 0 fully saturated rings. The Balaban J connectivity index is 1.89. The Kier molecular flexibility index (Phi) is 7.04. The van der Waals surface area contributed by atoms with Crippen LogP contribution in [0.4, 0.5) is 0 Å². The zero-order chi connectivity index (χ0) is 19.1. The average molecular weight is 375 g/mol. The van der Waals surface area contributed by atoms with Crippen LogP contribution in [0.1, 0.15) is 27.9 Å². The molecule has 0 saturated carbocycles. The highest BCUT2D eigenvalue weighted by molar-refractivity contribution is 6.32. The van der Waals surface area contributed by atoms with Crippen LogP contribution in [0, 0.1) is 0 Å². The minimum absolute atomic E-state index is 0.0484. The normalized spacial score (nSPS) is 10.3. The predicted molar refractivity (Wildman–Crippen MR) is 103 cm³/mol. The van der Waals surface area contributed by atoms with Crippen LogP contribution in [0.2, 0.25) is 5.02 Å². The second-order valence-corrected chi connectivity index (χ2v) is 6.40. The number of hydrogen-bond acceptors (Lipinski definition) is 3. The van der Waals surface area contributed by atoms with E-state index in [2.05, 4.69) is 5.32 Å². The Hall–Kier alpha value is -2.53. The molecule has 0 aliphatic carbocycles. The lowest BCUT2D eigenvalue weighted by molar-refractivity contribution is -0.130. The van der Waals surface area contributed by atoms with E-state index in [9.17, 15) is 9.59 Å². The average Bonchev–Trinajstić information content (AvgIpc) is 2.66. The molecule has 0 radical (unpaired) electrons. The zero-order valence-electron chi connectivity index (χ0n) is 15.2. The van der Waals surface area contributed by atoms with Gasteiger partial charge in [-0.3, -0.25) is 9.59 Å². The molecule has 0 spiro atoms. The Morgan fingerprint density at radius 3 is 2.35 bits per heavy atom. The topological polar surface area (TPSA) is 58.6 Å².